The van der Waals surface area contributed by atoms with Gasteiger partial charge in [0, 0.05) is 6.42 Å². The monoisotopic (exact) mass is 182 g/mol. The molecule has 0 saturated heterocycles. The van der Waals surface area contributed by atoms with E-state index in [9.17, 15) is 18.0 Å². The third kappa shape index (κ3) is 5.16. The van der Waals surface area contributed by atoms with E-state index in [-0.39, 0.29) is 6.42 Å². The second-order valence-electron chi connectivity index (χ2n) is 2.73. The van der Waals surface area contributed by atoms with Crippen molar-refractivity contribution in [3.63, 3.8) is 0 Å². The Kier molecular flexibility index (Phi) is 4.93. The van der Waals surface area contributed by atoms with Crippen LogP contribution >= 0.6 is 0 Å². The van der Waals surface area contributed by atoms with E-state index in [1.54, 1.807) is 0 Å². The number of rotatable bonds is 5. The van der Waals surface area contributed by atoms with Crippen molar-refractivity contribution in [3.05, 3.63) is 0 Å². The van der Waals surface area contributed by atoms with E-state index in [0.29, 0.717) is 12.8 Å². The molecule has 12 heavy (non-hydrogen) atoms. The highest BCUT2D eigenvalue weighted by atomic mass is 19.4. The Hall–Kier alpha value is -0.540. The molecule has 0 unspecified atom stereocenters. The Bertz CT molecular complexity index is 140. The molecule has 0 rings (SSSR count). The van der Waals surface area contributed by atoms with Gasteiger partial charge in [0.25, 0.3) is 0 Å². The van der Waals surface area contributed by atoms with E-state index < -0.39 is 12.0 Å². The molecule has 0 aliphatic rings. The Morgan fingerprint density at radius 2 is 1.75 bits per heavy atom. The molecule has 0 atom stereocenters. The predicted octanol–water partition coefficient (Wildman–Crippen LogP) is 3.09. The first-order chi connectivity index (χ1) is 5.48. The maximum absolute atomic E-state index is 11.6. The van der Waals surface area contributed by atoms with Gasteiger partial charge in [0.15, 0.2) is 0 Å². The number of carbonyl (C=O) groups is 1. The molecule has 0 aromatic carbocycles. The zero-order chi connectivity index (χ0) is 9.61. The van der Waals surface area contributed by atoms with E-state index >= 15 is 0 Å². The molecule has 0 heterocycles. The van der Waals surface area contributed by atoms with Crippen LogP contribution in [0.1, 0.15) is 39.0 Å². The quantitative estimate of drug-likeness (QED) is 0.597. The van der Waals surface area contributed by atoms with Crippen molar-refractivity contribution in [3.8, 4) is 0 Å². The summed E-state index contributed by atoms with van der Waals surface area (Å²) in [7, 11) is 0. The largest absolute Gasteiger partial charge is 0.449 e. The molecule has 0 N–H and O–H groups in total. The molecular formula is C8H13F3O. The lowest BCUT2D eigenvalue weighted by atomic mass is 10.1. The second-order valence-corrected chi connectivity index (χ2v) is 2.73. The van der Waals surface area contributed by atoms with Gasteiger partial charge in [0.2, 0.25) is 5.78 Å². The van der Waals surface area contributed by atoms with Crippen LogP contribution in [0.15, 0.2) is 0 Å². The molecule has 4 heteroatoms. The molecule has 0 amide bonds. The van der Waals surface area contributed by atoms with Crippen LogP contribution < -0.4 is 0 Å². The van der Waals surface area contributed by atoms with Crippen molar-refractivity contribution in [1.29, 1.82) is 0 Å². The molecule has 0 aliphatic carbocycles. The fourth-order valence-electron chi connectivity index (χ4n) is 0.854. The molecule has 72 valence electrons. The molecule has 0 spiro atoms. The second kappa shape index (κ2) is 5.17. The van der Waals surface area contributed by atoms with Crippen molar-refractivity contribution in [2.45, 2.75) is 45.2 Å². The standard InChI is InChI=1S/C8H13F3O/c1-2-3-4-5-6-7(12)8(9,10)11/h2-6H2,1H3. The van der Waals surface area contributed by atoms with Crippen LogP contribution in [-0.4, -0.2) is 12.0 Å². The number of Topliss-reactive ketones (excluding diaryl/α,β-unsaturated/α-hetero) is 1. The fraction of sp³-hybridized carbons (Fsp3) is 0.875. The van der Waals surface area contributed by atoms with Gasteiger partial charge in [-0.3, -0.25) is 4.79 Å². The maximum Gasteiger partial charge on any atom is 0.449 e. The number of hydrogen-bond donors (Lipinski definition) is 0. The molecule has 0 bridgehead atoms. The fourth-order valence-corrected chi connectivity index (χ4v) is 0.854. The Balaban J connectivity index is 3.45. The molecule has 0 radical (unpaired) electrons. The lowest BCUT2D eigenvalue weighted by molar-refractivity contribution is -0.171. The third-order valence-corrected chi connectivity index (χ3v) is 1.57. The molecule has 0 saturated carbocycles. The summed E-state index contributed by atoms with van der Waals surface area (Å²) in [6, 6.07) is 0. The normalized spacial score (nSPS) is 11.7. The van der Waals surface area contributed by atoms with E-state index in [1.807, 2.05) is 6.92 Å². The topological polar surface area (TPSA) is 17.1 Å². The van der Waals surface area contributed by atoms with Crippen LogP contribution in [0, 0.1) is 0 Å². The number of carbonyl (C=O) groups excluding carboxylic acids is 1. The summed E-state index contributed by atoms with van der Waals surface area (Å²) >= 11 is 0. The number of halogens is 3. The summed E-state index contributed by atoms with van der Waals surface area (Å²) in [4.78, 5) is 10.3. The average Bonchev–Trinajstić information content (AvgIpc) is 1.96. The van der Waals surface area contributed by atoms with Crippen LogP contribution in [0.3, 0.4) is 0 Å². The summed E-state index contributed by atoms with van der Waals surface area (Å²) in [5, 5.41) is 0. The molecule has 1 nitrogen and oxygen atoms in total. The van der Waals surface area contributed by atoms with Crippen LogP contribution in [0.5, 0.6) is 0 Å². The highest BCUT2D eigenvalue weighted by molar-refractivity contribution is 5.83. The molecule has 0 aromatic rings. The summed E-state index contributed by atoms with van der Waals surface area (Å²) in [5.74, 6) is -1.60. The summed E-state index contributed by atoms with van der Waals surface area (Å²) < 4.78 is 34.8. The highest BCUT2D eigenvalue weighted by Gasteiger charge is 2.36. The average molecular weight is 182 g/mol. The molecule has 0 fully saturated rings. The smallest absolute Gasteiger partial charge is 0.290 e. The number of hydrogen-bond acceptors (Lipinski definition) is 1. The van der Waals surface area contributed by atoms with E-state index in [0.717, 1.165) is 12.8 Å². The third-order valence-electron chi connectivity index (χ3n) is 1.57. The summed E-state index contributed by atoms with van der Waals surface area (Å²) in [5.41, 5.74) is 0. The Labute approximate surface area is 70.0 Å². The molecular weight excluding hydrogens is 169 g/mol. The first-order valence-electron chi connectivity index (χ1n) is 4.08. The van der Waals surface area contributed by atoms with Crippen molar-refractivity contribution < 1.29 is 18.0 Å². The van der Waals surface area contributed by atoms with Gasteiger partial charge < -0.3 is 0 Å². The maximum atomic E-state index is 11.6. The van der Waals surface area contributed by atoms with Crippen molar-refractivity contribution in [1.82, 2.24) is 0 Å². The van der Waals surface area contributed by atoms with Gasteiger partial charge in [-0.05, 0) is 6.42 Å². The van der Waals surface area contributed by atoms with Crippen LogP contribution in [-0.2, 0) is 4.79 Å². The first kappa shape index (κ1) is 11.5. The predicted molar refractivity (Wildman–Crippen MR) is 39.8 cm³/mol. The molecule has 0 aromatic heterocycles. The van der Waals surface area contributed by atoms with E-state index in [4.69, 9.17) is 0 Å². The zero-order valence-corrected chi connectivity index (χ0v) is 7.08. The van der Waals surface area contributed by atoms with Gasteiger partial charge in [-0.15, -0.1) is 0 Å². The highest BCUT2D eigenvalue weighted by Crippen LogP contribution is 2.19. The summed E-state index contributed by atoms with van der Waals surface area (Å²) in [6.45, 7) is 1.96. The Morgan fingerprint density at radius 3 is 2.17 bits per heavy atom. The lowest BCUT2D eigenvalue weighted by Gasteiger charge is -2.03. The number of unbranched alkanes of at least 4 members (excludes halogenated alkanes) is 3. The van der Waals surface area contributed by atoms with Gasteiger partial charge in [0.05, 0.1) is 0 Å². The van der Waals surface area contributed by atoms with Crippen molar-refractivity contribution in [2.75, 3.05) is 0 Å². The van der Waals surface area contributed by atoms with Gasteiger partial charge in [0.1, 0.15) is 0 Å². The Morgan fingerprint density at radius 1 is 1.17 bits per heavy atom. The van der Waals surface area contributed by atoms with Gasteiger partial charge in [-0.25, -0.2) is 0 Å². The van der Waals surface area contributed by atoms with Crippen LogP contribution in [0.2, 0.25) is 0 Å². The van der Waals surface area contributed by atoms with Gasteiger partial charge in [-0.2, -0.15) is 13.2 Å². The van der Waals surface area contributed by atoms with Crippen LogP contribution in [0.25, 0.3) is 0 Å². The van der Waals surface area contributed by atoms with Gasteiger partial charge >= 0.3 is 6.18 Å². The minimum atomic E-state index is -4.63. The molecule has 0 aliphatic heterocycles. The van der Waals surface area contributed by atoms with E-state index in [1.165, 1.54) is 0 Å². The van der Waals surface area contributed by atoms with Crippen LogP contribution in [0.4, 0.5) is 13.2 Å². The van der Waals surface area contributed by atoms with Crippen molar-refractivity contribution >= 4 is 5.78 Å². The number of ketones is 1. The summed E-state index contributed by atoms with van der Waals surface area (Å²) in [6.07, 6.45) is -2.08. The first-order valence-corrected chi connectivity index (χ1v) is 4.08. The minimum Gasteiger partial charge on any atom is -0.290 e. The van der Waals surface area contributed by atoms with Gasteiger partial charge in [-0.1, -0.05) is 26.2 Å². The SMILES string of the molecule is CCCCCCC(=O)C(F)(F)F. The minimum absolute atomic E-state index is 0.353. The van der Waals surface area contributed by atoms with Crippen molar-refractivity contribution in [2.24, 2.45) is 0 Å². The van der Waals surface area contributed by atoms with E-state index in [2.05, 4.69) is 0 Å². The zero-order valence-electron chi connectivity index (χ0n) is 7.08. The number of alkyl halides is 3. The lowest BCUT2D eigenvalue weighted by Crippen LogP contribution is -2.22.